The molecule has 0 bridgehead atoms. The predicted molar refractivity (Wildman–Crippen MR) is 82.8 cm³/mol. The fraction of sp³-hybridized carbons (Fsp3) is 0.562. The van der Waals surface area contributed by atoms with Gasteiger partial charge in [0.05, 0.1) is 6.42 Å². The molecule has 21 heavy (non-hydrogen) atoms. The van der Waals surface area contributed by atoms with Crippen LogP contribution in [0.3, 0.4) is 0 Å². The normalized spacial score (nSPS) is 21.8. The van der Waals surface area contributed by atoms with E-state index in [9.17, 15) is 4.79 Å². The van der Waals surface area contributed by atoms with Gasteiger partial charge < -0.3 is 10.0 Å². The minimum absolute atomic E-state index is 0.218. The first-order valence-electron chi connectivity index (χ1n) is 7.61. The van der Waals surface area contributed by atoms with Gasteiger partial charge >= 0.3 is 5.97 Å². The Bertz CT molecular complexity index is 438. The fourth-order valence-electron chi connectivity index (χ4n) is 2.72. The summed E-state index contributed by atoms with van der Waals surface area (Å²) in [6.45, 7) is 1.57. The summed E-state index contributed by atoms with van der Waals surface area (Å²) in [5.74, 6) is -0.728. The number of rotatable bonds is 8. The topological polar surface area (TPSA) is 64.6 Å². The molecule has 2 unspecified atom stereocenters. The zero-order chi connectivity index (χ0) is 15.1. The van der Waals surface area contributed by atoms with Crippen LogP contribution in [0.4, 0.5) is 0 Å². The van der Waals surface area contributed by atoms with Crippen LogP contribution in [-0.4, -0.2) is 42.2 Å². The lowest BCUT2D eigenvalue weighted by Gasteiger charge is -2.16. The number of hydrogen-bond acceptors (Lipinski definition) is 4. The Morgan fingerprint density at radius 2 is 2.05 bits per heavy atom. The van der Waals surface area contributed by atoms with E-state index in [0.717, 1.165) is 25.8 Å². The number of hydrogen-bond donors (Lipinski definition) is 3. The van der Waals surface area contributed by atoms with Crippen molar-refractivity contribution in [3.8, 4) is 0 Å². The third kappa shape index (κ3) is 5.46. The van der Waals surface area contributed by atoms with Crippen molar-refractivity contribution in [2.24, 2.45) is 0 Å². The van der Waals surface area contributed by atoms with Crippen molar-refractivity contribution in [2.75, 3.05) is 20.1 Å². The van der Waals surface area contributed by atoms with E-state index >= 15 is 0 Å². The molecular weight excluding hydrogens is 266 g/mol. The van der Waals surface area contributed by atoms with E-state index in [1.807, 2.05) is 13.1 Å². The number of carbonyl (C=O) groups is 1. The number of aliphatic carboxylic acids is 1. The van der Waals surface area contributed by atoms with E-state index in [0.29, 0.717) is 18.6 Å². The first-order valence-corrected chi connectivity index (χ1v) is 7.61. The number of nitrogens with one attached hydrogen (secondary N) is 2. The SMILES string of the molecule is CN(CCCC1CC(c2ccccc2)NN1)CCC(=O)O. The molecule has 2 rings (SSSR count). The molecule has 0 spiro atoms. The van der Waals surface area contributed by atoms with Gasteiger partial charge in [-0.25, -0.2) is 0 Å². The van der Waals surface area contributed by atoms with Gasteiger partial charge in [0.2, 0.25) is 0 Å². The molecule has 5 heteroatoms. The number of benzene rings is 1. The first kappa shape index (κ1) is 15.9. The second kappa shape index (κ2) is 8.12. The van der Waals surface area contributed by atoms with Gasteiger partial charge in [0, 0.05) is 18.6 Å². The van der Waals surface area contributed by atoms with Crippen LogP contribution in [-0.2, 0) is 4.79 Å². The molecule has 0 aliphatic carbocycles. The fourth-order valence-corrected chi connectivity index (χ4v) is 2.72. The van der Waals surface area contributed by atoms with E-state index in [1.54, 1.807) is 0 Å². The van der Waals surface area contributed by atoms with Gasteiger partial charge in [0.15, 0.2) is 0 Å². The molecule has 1 aliphatic heterocycles. The highest BCUT2D eigenvalue weighted by Crippen LogP contribution is 2.23. The monoisotopic (exact) mass is 291 g/mol. The van der Waals surface area contributed by atoms with Crippen LogP contribution in [0, 0.1) is 0 Å². The Labute approximate surface area is 126 Å². The molecule has 1 aromatic carbocycles. The van der Waals surface area contributed by atoms with Crippen LogP contribution in [0.2, 0.25) is 0 Å². The summed E-state index contributed by atoms with van der Waals surface area (Å²) >= 11 is 0. The number of nitrogens with zero attached hydrogens (tertiary/aromatic N) is 1. The molecule has 1 saturated heterocycles. The molecule has 2 atom stereocenters. The van der Waals surface area contributed by atoms with Crippen molar-refractivity contribution in [1.82, 2.24) is 15.8 Å². The standard InChI is InChI=1S/C16H25N3O2/c1-19(11-9-16(20)21)10-5-8-14-12-15(18-17-14)13-6-3-2-4-7-13/h2-4,6-7,14-15,17-18H,5,8-12H2,1H3,(H,20,21). The van der Waals surface area contributed by atoms with Crippen LogP contribution >= 0.6 is 0 Å². The quantitative estimate of drug-likeness (QED) is 0.681. The van der Waals surface area contributed by atoms with E-state index < -0.39 is 5.97 Å². The second-order valence-electron chi connectivity index (χ2n) is 5.77. The summed E-state index contributed by atoms with van der Waals surface area (Å²) in [6, 6.07) is 11.4. The van der Waals surface area contributed by atoms with Gasteiger partial charge in [-0.05, 0) is 38.4 Å². The summed E-state index contributed by atoms with van der Waals surface area (Å²) < 4.78 is 0. The number of hydrazine groups is 1. The van der Waals surface area contributed by atoms with Gasteiger partial charge in [0.25, 0.3) is 0 Å². The molecule has 0 aromatic heterocycles. The molecule has 0 radical (unpaired) electrons. The highest BCUT2D eigenvalue weighted by molar-refractivity contribution is 5.66. The Balaban J connectivity index is 1.63. The maximum Gasteiger partial charge on any atom is 0.304 e. The minimum atomic E-state index is -0.728. The first-order chi connectivity index (χ1) is 10.1. The number of carboxylic acids is 1. The molecule has 0 amide bonds. The van der Waals surface area contributed by atoms with Gasteiger partial charge in [-0.2, -0.15) is 0 Å². The second-order valence-corrected chi connectivity index (χ2v) is 5.77. The van der Waals surface area contributed by atoms with E-state index in [-0.39, 0.29) is 6.42 Å². The lowest BCUT2D eigenvalue weighted by Crippen LogP contribution is -2.31. The van der Waals surface area contributed by atoms with Crippen LogP contribution in [0.1, 0.15) is 37.3 Å². The molecule has 1 aliphatic rings. The van der Waals surface area contributed by atoms with Gasteiger partial charge in [-0.15, -0.1) is 0 Å². The summed E-state index contributed by atoms with van der Waals surface area (Å²) in [4.78, 5) is 12.6. The van der Waals surface area contributed by atoms with Crippen molar-refractivity contribution >= 4 is 5.97 Å². The maximum absolute atomic E-state index is 10.5. The lowest BCUT2D eigenvalue weighted by atomic mass is 10.00. The Morgan fingerprint density at radius 3 is 2.76 bits per heavy atom. The summed E-state index contributed by atoms with van der Waals surface area (Å²) in [6.07, 6.45) is 3.50. The molecule has 1 heterocycles. The zero-order valence-electron chi connectivity index (χ0n) is 12.6. The molecule has 1 fully saturated rings. The van der Waals surface area contributed by atoms with Crippen LogP contribution in [0.25, 0.3) is 0 Å². The molecule has 1 aromatic rings. The molecule has 3 N–H and O–H groups in total. The number of carboxylic acid groups (broad SMARTS) is 1. The zero-order valence-corrected chi connectivity index (χ0v) is 12.6. The summed E-state index contributed by atoms with van der Waals surface area (Å²) in [5.41, 5.74) is 8.05. The van der Waals surface area contributed by atoms with E-state index in [2.05, 4.69) is 40.0 Å². The Kier molecular flexibility index (Phi) is 6.17. The average Bonchev–Trinajstić information content (AvgIpc) is 2.95. The summed E-state index contributed by atoms with van der Waals surface area (Å²) in [5, 5.41) is 8.65. The van der Waals surface area contributed by atoms with E-state index in [1.165, 1.54) is 5.56 Å². The van der Waals surface area contributed by atoms with E-state index in [4.69, 9.17) is 5.11 Å². The highest BCUT2D eigenvalue weighted by Gasteiger charge is 2.24. The lowest BCUT2D eigenvalue weighted by molar-refractivity contribution is -0.137. The minimum Gasteiger partial charge on any atom is -0.481 e. The maximum atomic E-state index is 10.5. The average molecular weight is 291 g/mol. The third-order valence-electron chi connectivity index (χ3n) is 3.98. The summed E-state index contributed by atoms with van der Waals surface area (Å²) in [7, 11) is 1.98. The largest absolute Gasteiger partial charge is 0.481 e. The van der Waals surface area contributed by atoms with Crippen molar-refractivity contribution in [1.29, 1.82) is 0 Å². The van der Waals surface area contributed by atoms with Crippen LogP contribution in [0.5, 0.6) is 0 Å². The highest BCUT2D eigenvalue weighted by atomic mass is 16.4. The van der Waals surface area contributed by atoms with Crippen LogP contribution in [0.15, 0.2) is 30.3 Å². The van der Waals surface area contributed by atoms with Crippen LogP contribution < -0.4 is 10.9 Å². The van der Waals surface area contributed by atoms with Gasteiger partial charge in [-0.1, -0.05) is 30.3 Å². The van der Waals surface area contributed by atoms with Crippen molar-refractivity contribution in [3.63, 3.8) is 0 Å². The molecule has 0 saturated carbocycles. The Morgan fingerprint density at radius 1 is 1.29 bits per heavy atom. The van der Waals surface area contributed by atoms with Crippen molar-refractivity contribution < 1.29 is 9.90 Å². The van der Waals surface area contributed by atoms with Crippen molar-refractivity contribution in [3.05, 3.63) is 35.9 Å². The van der Waals surface area contributed by atoms with Gasteiger partial charge in [-0.3, -0.25) is 15.6 Å². The predicted octanol–water partition coefficient (Wildman–Crippen LogP) is 1.78. The smallest absolute Gasteiger partial charge is 0.304 e. The molecule has 5 nitrogen and oxygen atoms in total. The van der Waals surface area contributed by atoms with Gasteiger partial charge in [0.1, 0.15) is 0 Å². The van der Waals surface area contributed by atoms with Crippen molar-refractivity contribution in [2.45, 2.75) is 37.8 Å². The third-order valence-corrected chi connectivity index (χ3v) is 3.98. The molecule has 116 valence electrons. The Hall–Kier alpha value is -1.43. The molecular formula is C16H25N3O2.